The number of piperazine rings is 1. The van der Waals surface area contributed by atoms with E-state index in [1.807, 2.05) is 11.0 Å². The Balaban J connectivity index is 1.44. The summed E-state index contributed by atoms with van der Waals surface area (Å²) in [6, 6.07) is 3.72. The van der Waals surface area contributed by atoms with Crippen LogP contribution in [0, 0.1) is 0 Å². The van der Waals surface area contributed by atoms with Gasteiger partial charge in [0.05, 0.1) is 19.4 Å². The maximum atomic E-state index is 12.9. The van der Waals surface area contributed by atoms with Crippen LogP contribution in [0.2, 0.25) is 0 Å². The fourth-order valence-electron chi connectivity index (χ4n) is 3.79. The minimum atomic E-state index is -3.43. The summed E-state index contributed by atoms with van der Waals surface area (Å²) < 4.78 is 34.1. The Bertz CT molecular complexity index is 693. The minimum absolute atomic E-state index is 0.0815. The molecule has 1 saturated heterocycles. The van der Waals surface area contributed by atoms with Gasteiger partial charge >= 0.3 is 0 Å². The molecule has 0 aromatic carbocycles. The molecule has 3 rings (SSSR count). The van der Waals surface area contributed by atoms with Crippen LogP contribution in [0.15, 0.2) is 22.8 Å². The van der Waals surface area contributed by atoms with Gasteiger partial charge in [0.2, 0.25) is 5.91 Å². The highest BCUT2D eigenvalue weighted by Crippen LogP contribution is 2.25. The van der Waals surface area contributed by atoms with E-state index in [4.69, 9.17) is 4.42 Å². The Morgan fingerprint density at radius 1 is 1.22 bits per heavy atom. The molecule has 1 saturated carbocycles. The Kier molecular flexibility index (Phi) is 6.91. The molecular formula is C18H30N4O4S. The molecule has 2 heterocycles. The predicted molar refractivity (Wildman–Crippen MR) is 102 cm³/mol. The fraction of sp³-hybridized carbons (Fsp3) is 0.722. The zero-order chi connectivity index (χ0) is 19.3. The number of hydrogen-bond acceptors (Lipinski definition) is 5. The first kappa shape index (κ1) is 20.3. The zero-order valence-electron chi connectivity index (χ0n) is 16.0. The first-order valence-corrected chi connectivity index (χ1v) is 11.1. The van der Waals surface area contributed by atoms with E-state index in [0.29, 0.717) is 38.5 Å². The first-order valence-electron chi connectivity index (χ1n) is 9.71. The normalized spacial score (nSPS) is 20.8. The molecule has 0 radical (unpaired) electrons. The number of nitrogens with zero attached hydrogens (tertiary/aromatic N) is 3. The van der Waals surface area contributed by atoms with E-state index in [2.05, 4.69) is 5.32 Å². The largest absolute Gasteiger partial charge is 0.467 e. The summed E-state index contributed by atoms with van der Waals surface area (Å²) in [5, 5.41) is 2.82. The summed E-state index contributed by atoms with van der Waals surface area (Å²) in [7, 11) is -1.72. The summed E-state index contributed by atoms with van der Waals surface area (Å²) >= 11 is 0. The molecule has 1 aromatic rings. The van der Waals surface area contributed by atoms with Gasteiger partial charge in [-0.1, -0.05) is 19.3 Å². The number of rotatable bonds is 7. The highest BCUT2D eigenvalue weighted by molar-refractivity contribution is 7.86. The smallest absolute Gasteiger partial charge is 0.282 e. The second-order valence-electron chi connectivity index (χ2n) is 7.35. The van der Waals surface area contributed by atoms with Crippen LogP contribution < -0.4 is 5.32 Å². The van der Waals surface area contributed by atoms with Gasteiger partial charge in [-0.15, -0.1) is 0 Å². The van der Waals surface area contributed by atoms with E-state index in [0.717, 1.165) is 25.7 Å². The number of amides is 1. The summed E-state index contributed by atoms with van der Waals surface area (Å²) in [6.45, 7) is 2.60. The van der Waals surface area contributed by atoms with Gasteiger partial charge in [0.15, 0.2) is 0 Å². The third-order valence-electron chi connectivity index (χ3n) is 5.52. The van der Waals surface area contributed by atoms with Gasteiger partial charge in [0.25, 0.3) is 10.2 Å². The summed E-state index contributed by atoms with van der Waals surface area (Å²) in [4.78, 5) is 14.1. The third kappa shape index (κ3) is 5.31. The highest BCUT2D eigenvalue weighted by Gasteiger charge is 2.34. The topological polar surface area (TPSA) is 86.1 Å². The second-order valence-corrected chi connectivity index (χ2v) is 9.34. The molecule has 1 amide bonds. The SMILES string of the molecule is CN(C1CCCCC1)S(=O)(=O)N1CCN(CC(=O)NCc2ccco2)CC1. The van der Waals surface area contributed by atoms with Crippen LogP contribution in [0.25, 0.3) is 0 Å². The molecule has 0 spiro atoms. The van der Waals surface area contributed by atoms with Crippen molar-refractivity contribution in [2.24, 2.45) is 0 Å². The van der Waals surface area contributed by atoms with Crippen molar-refractivity contribution in [1.82, 2.24) is 18.8 Å². The van der Waals surface area contributed by atoms with E-state index >= 15 is 0 Å². The summed E-state index contributed by atoms with van der Waals surface area (Å²) in [5.74, 6) is 0.632. The van der Waals surface area contributed by atoms with Crippen LogP contribution in [-0.2, 0) is 21.5 Å². The van der Waals surface area contributed by atoms with Crippen LogP contribution in [0.5, 0.6) is 0 Å². The molecule has 152 valence electrons. The highest BCUT2D eigenvalue weighted by atomic mass is 32.2. The molecule has 1 aliphatic carbocycles. The number of furan rings is 1. The Labute approximate surface area is 161 Å². The molecule has 27 heavy (non-hydrogen) atoms. The molecule has 9 heteroatoms. The van der Waals surface area contributed by atoms with Crippen molar-refractivity contribution >= 4 is 16.1 Å². The average Bonchev–Trinajstić information content (AvgIpc) is 3.20. The third-order valence-corrected chi connectivity index (χ3v) is 7.56. The van der Waals surface area contributed by atoms with Crippen LogP contribution in [0.3, 0.4) is 0 Å². The van der Waals surface area contributed by atoms with Gasteiger partial charge in [-0.05, 0) is 25.0 Å². The lowest BCUT2D eigenvalue weighted by Gasteiger charge is -2.38. The van der Waals surface area contributed by atoms with Gasteiger partial charge in [0, 0.05) is 39.3 Å². The number of nitrogens with one attached hydrogen (secondary N) is 1. The molecule has 0 atom stereocenters. The number of carbonyl (C=O) groups excluding carboxylic acids is 1. The van der Waals surface area contributed by atoms with Crippen molar-refractivity contribution < 1.29 is 17.6 Å². The van der Waals surface area contributed by atoms with Gasteiger partial charge < -0.3 is 9.73 Å². The van der Waals surface area contributed by atoms with Crippen molar-refractivity contribution in [3.63, 3.8) is 0 Å². The maximum absolute atomic E-state index is 12.9. The Morgan fingerprint density at radius 2 is 1.93 bits per heavy atom. The van der Waals surface area contributed by atoms with E-state index < -0.39 is 10.2 Å². The van der Waals surface area contributed by atoms with Crippen LogP contribution in [0.4, 0.5) is 0 Å². The molecule has 2 fully saturated rings. The number of carbonyl (C=O) groups is 1. The minimum Gasteiger partial charge on any atom is -0.467 e. The lowest BCUT2D eigenvalue weighted by molar-refractivity contribution is -0.122. The van der Waals surface area contributed by atoms with E-state index in [-0.39, 0.29) is 18.5 Å². The molecular weight excluding hydrogens is 368 g/mol. The van der Waals surface area contributed by atoms with E-state index in [9.17, 15) is 13.2 Å². The standard InChI is InChI=1S/C18H30N4O4S/c1-20(16-6-3-2-4-7-16)27(24,25)22-11-9-21(10-12-22)15-18(23)19-14-17-8-5-13-26-17/h5,8,13,16H,2-4,6-7,9-12,14-15H2,1H3,(H,19,23). The van der Waals surface area contributed by atoms with Gasteiger partial charge in [-0.25, -0.2) is 0 Å². The van der Waals surface area contributed by atoms with Crippen molar-refractivity contribution in [2.45, 2.75) is 44.7 Å². The van der Waals surface area contributed by atoms with Gasteiger partial charge in [-0.3, -0.25) is 9.69 Å². The molecule has 8 nitrogen and oxygen atoms in total. The molecule has 1 N–H and O–H groups in total. The van der Waals surface area contributed by atoms with Crippen LogP contribution >= 0.6 is 0 Å². The number of hydrogen-bond donors (Lipinski definition) is 1. The molecule has 0 unspecified atom stereocenters. The van der Waals surface area contributed by atoms with Crippen LogP contribution in [-0.4, -0.2) is 73.6 Å². The van der Waals surface area contributed by atoms with Gasteiger partial charge in [0.1, 0.15) is 5.76 Å². The maximum Gasteiger partial charge on any atom is 0.282 e. The molecule has 1 aromatic heterocycles. The van der Waals surface area contributed by atoms with Crippen molar-refractivity contribution in [3.8, 4) is 0 Å². The van der Waals surface area contributed by atoms with E-state index in [1.165, 1.54) is 6.42 Å². The van der Waals surface area contributed by atoms with E-state index in [1.54, 1.807) is 28.0 Å². The average molecular weight is 399 g/mol. The van der Waals surface area contributed by atoms with Gasteiger partial charge in [-0.2, -0.15) is 17.0 Å². The first-order chi connectivity index (χ1) is 13.0. The second kappa shape index (κ2) is 9.18. The van der Waals surface area contributed by atoms with Crippen molar-refractivity contribution in [2.75, 3.05) is 39.8 Å². The fourth-order valence-corrected chi connectivity index (χ4v) is 5.37. The Morgan fingerprint density at radius 3 is 2.56 bits per heavy atom. The molecule has 2 aliphatic rings. The van der Waals surface area contributed by atoms with Crippen molar-refractivity contribution in [1.29, 1.82) is 0 Å². The van der Waals surface area contributed by atoms with Crippen molar-refractivity contribution in [3.05, 3.63) is 24.2 Å². The lowest BCUT2D eigenvalue weighted by atomic mass is 9.96. The molecule has 0 bridgehead atoms. The zero-order valence-corrected chi connectivity index (χ0v) is 16.8. The summed E-state index contributed by atoms with van der Waals surface area (Å²) in [6.07, 6.45) is 6.88. The summed E-state index contributed by atoms with van der Waals surface area (Å²) in [5.41, 5.74) is 0. The monoisotopic (exact) mass is 398 g/mol. The quantitative estimate of drug-likeness (QED) is 0.741. The van der Waals surface area contributed by atoms with Crippen LogP contribution in [0.1, 0.15) is 37.9 Å². The Hall–Kier alpha value is -1.42. The molecule has 1 aliphatic heterocycles. The lowest BCUT2D eigenvalue weighted by Crippen LogP contribution is -2.55. The predicted octanol–water partition coefficient (Wildman–Crippen LogP) is 1.02.